The van der Waals surface area contributed by atoms with Gasteiger partial charge < -0.3 is 5.32 Å². The molecule has 0 aliphatic rings. The molecule has 6 heteroatoms. The summed E-state index contributed by atoms with van der Waals surface area (Å²) in [7, 11) is 1.68. The van der Waals surface area contributed by atoms with Gasteiger partial charge in [0, 0.05) is 12.1 Å². The molecule has 0 saturated heterocycles. The first kappa shape index (κ1) is 16.1. The summed E-state index contributed by atoms with van der Waals surface area (Å²) in [4.78, 5) is 0. The molecule has 0 saturated carbocycles. The smallest absolute Gasteiger partial charge is 0.134 e. The van der Waals surface area contributed by atoms with Crippen LogP contribution in [-0.2, 0) is 6.54 Å². The van der Waals surface area contributed by atoms with Gasteiger partial charge in [-0.2, -0.15) is 5.10 Å². The van der Waals surface area contributed by atoms with Crippen LogP contribution in [-0.4, -0.2) is 16.8 Å². The first-order valence-corrected chi connectivity index (χ1v) is 7.63. The number of benzene rings is 1. The highest BCUT2D eigenvalue weighted by atomic mass is 79.9. The summed E-state index contributed by atoms with van der Waals surface area (Å²) in [6, 6.07) is 2.14. The third-order valence-electron chi connectivity index (χ3n) is 3.44. The van der Waals surface area contributed by atoms with E-state index in [0.29, 0.717) is 12.1 Å². The molecule has 2 rings (SSSR count). The summed E-state index contributed by atoms with van der Waals surface area (Å²) in [5.74, 6) is -1.08. The lowest BCUT2D eigenvalue weighted by Gasteiger charge is -2.21. The summed E-state index contributed by atoms with van der Waals surface area (Å²) in [6.07, 6.45) is 2.54. The summed E-state index contributed by atoms with van der Waals surface area (Å²) >= 11 is 3.43. The number of nitrogens with zero attached hydrogens (tertiary/aromatic N) is 2. The Balaban J connectivity index is 2.60. The van der Waals surface area contributed by atoms with Crippen LogP contribution in [0.2, 0.25) is 0 Å². The first-order valence-electron chi connectivity index (χ1n) is 6.84. The molecule has 1 aromatic heterocycles. The molecule has 2 aromatic rings. The monoisotopic (exact) mass is 357 g/mol. The largest absolute Gasteiger partial charge is 0.308 e. The molecule has 1 unspecified atom stereocenters. The molecule has 21 heavy (non-hydrogen) atoms. The van der Waals surface area contributed by atoms with Crippen molar-refractivity contribution in [2.75, 3.05) is 7.05 Å². The van der Waals surface area contributed by atoms with Crippen molar-refractivity contribution in [3.05, 3.63) is 51.3 Å². The van der Waals surface area contributed by atoms with E-state index < -0.39 is 17.7 Å². The van der Waals surface area contributed by atoms with Crippen LogP contribution >= 0.6 is 15.9 Å². The van der Waals surface area contributed by atoms with Crippen LogP contribution in [0.4, 0.5) is 8.78 Å². The number of hydrogen-bond donors (Lipinski definition) is 1. The lowest BCUT2D eigenvalue weighted by Crippen LogP contribution is -2.24. The van der Waals surface area contributed by atoms with Crippen LogP contribution in [0.5, 0.6) is 0 Å². The lowest BCUT2D eigenvalue weighted by atomic mass is 10.00. The Morgan fingerprint density at radius 3 is 2.71 bits per heavy atom. The Bertz CT molecular complexity index is 640. The molecule has 1 atom stereocenters. The summed E-state index contributed by atoms with van der Waals surface area (Å²) in [5.41, 5.74) is 1.17. The van der Waals surface area contributed by atoms with Gasteiger partial charge >= 0.3 is 0 Å². The second-order valence-electron chi connectivity index (χ2n) is 4.91. The van der Waals surface area contributed by atoms with Gasteiger partial charge in [0.15, 0.2) is 0 Å². The van der Waals surface area contributed by atoms with E-state index in [1.54, 1.807) is 24.9 Å². The average Bonchev–Trinajstić information content (AvgIpc) is 2.81. The van der Waals surface area contributed by atoms with Gasteiger partial charge in [0.05, 0.1) is 22.4 Å². The van der Waals surface area contributed by atoms with E-state index in [-0.39, 0.29) is 5.56 Å². The standard InChI is InChI=1S/C15H18BrF2N3/c1-4-7-21-15(10(16)8-20-21)14(19-3)12-11(17)6-5-9(2)13(12)18/h5-6,8,14,19H,4,7H2,1-3H3. The fraction of sp³-hybridized carbons (Fsp3) is 0.400. The Labute approximate surface area is 131 Å². The maximum Gasteiger partial charge on any atom is 0.134 e. The minimum atomic E-state index is -0.603. The van der Waals surface area contributed by atoms with Crippen molar-refractivity contribution in [3.63, 3.8) is 0 Å². The molecule has 1 N–H and O–H groups in total. The quantitative estimate of drug-likeness (QED) is 0.877. The van der Waals surface area contributed by atoms with Crippen molar-refractivity contribution < 1.29 is 8.78 Å². The number of aromatic nitrogens is 2. The van der Waals surface area contributed by atoms with E-state index in [0.717, 1.165) is 16.6 Å². The van der Waals surface area contributed by atoms with E-state index >= 15 is 0 Å². The summed E-state index contributed by atoms with van der Waals surface area (Å²) in [5, 5.41) is 7.26. The Hall–Kier alpha value is -1.27. The van der Waals surface area contributed by atoms with Gasteiger partial charge in [-0.05, 0) is 48.0 Å². The molecule has 0 spiro atoms. The minimum absolute atomic E-state index is 0.0241. The molecule has 1 heterocycles. The average molecular weight is 358 g/mol. The van der Waals surface area contributed by atoms with Crippen LogP contribution < -0.4 is 5.32 Å². The van der Waals surface area contributed by atoms with Crippen LogP contribution in [0.1, 0.15) is 36.2 Å². The first-order chi connectivity index (χ1) is 10.0. The van der Waals surface area contributed by atoms with Crippen LogP contribution in [0, 0.1) is 18.6 Å². The van der Waals surface area contributed by atoms with Gasteiger partial charge in [-0.1, -0.05) is 13.0 Å². The van der Waals surface area contributed by atoms with E-state index in [1.165, 1.54) is 12.1 Å². The summed E-state index contributed by atoms with van der Waals surface area (Å²) in [6.45, 7) is 4.35. The molecule has 0 amide bonds. The highest BCUT2D eigenvalue weighted by molar-refractivity contribution is 9.10. The molecule has 0 bridgehead atoms. The predicted octanol–water partition coefficient (Wildman–Crippen LogP) is 3.95. The van der Waals surface area contributed by atoms with E-state index in [9.17, 15) is 8.78 Å². The van der Waals surface area contributed by atoms with E-state index in [1.807, 2.05) is 6.92 Å². The Kier molecular flexibility index (Phi) is 5.11. The van der Waals surface area contributed by atoms with Crippen LogP contribution in [0.3, 0.4) is 0 Å². The number of rotatable bonds is 5. The third kappa shape index (κ3) is 3.01. The van der Waals surface area contributed by atoms with Gasteiger partial charge in [-0.3, -0.25) is 4.68 Å². The molecular weight excluding hydrogens is 340 g/mol. The van der Waals surface area contributed by atoms with Crippen LogP contribution in [0.15, 0.2) is 22.8 Å². The van der Waals surface area contributed by atoms with Gasteiger partial charge in [-0.15, -0.1) is 0 Å². The van der Waals surface area contributed by atoms with Crippen molar-refractivity contribution in [1.29, 1.82) is 0 Å². The van der Waals surface area contributed by atoms with Gasteiger partial charge in [0.25, 0.3) is 0 Å². The number of hydrogen-bond acceptors (Lipinski definition) is 2. The molecule has 3 nitrogen and oxygen atoms in total. The van der Waals surface area contributed by atoms with E-state index in [4.69, 9.17) is 0 Å². The number of aryl methyl sites for hydroxylation is 2. The normalized spacial score (nSPS) is 12.7. The van der Waals surface area contributed by atoms with Crippen molar-refractivity contribution in [2.24, 2.45) is 0 Å². The zero-order valence-electron chi connectivity index (χ0n) is 12.3. The molecule has 0 aliphatic heterocycles. The number of nitrogens with one attached hydrogen (secondary N) is 1. The lowest BCUT2D eigenvalue weighted by molar-refractivity contribution is 0.485. The highest BCUT2D eigenvalue weighted by Gasteiger charge is 2.26. The highest BCUT2D eigenvalue weighted by Crippen LogP contribution is 2.32. The number of halogens is 3. The molecule has 1 aromatic carbocycles. The van der Waals surface area contributed by atoms with Gasteiger partial charge in [-0.25, -0.2) is 8.78 Å². The molecule has 0 radical (unpaired) electrons. The fourth-order valence-corrected chi connectivity index (χ4v) is 2.93. The topological polar surface area (TPSA) is 29.9 Å². The van der Waals surface area contributed by atoms with Gasteiger partial charge in [0.1, 0.15) is 11.6 Å². The minimum Gasteiger partial charge on any atom is -0.308 e. The maximum absolute atomic E-state index is 14.4. The second-order valence-corrected chi connectivity index (χ2v) is 5.77. The van der Waals surface area contributed by atoms with Crippen molar-refractivity contribution >= 4 is 15.9 Å². The van der Waals surface area contributed by atoms with Gasteiger partial charge in [0.2, 0.25) is 0 Å². The molecule has 0 fully saturated rings. The Morgan fingerprint density at radius 1 is 1.38 bits per heavy atom. The second kappa shape index (κ2) is 6.66. The predicted molar refractivity (Wildman–Crippen MR) is 82.2 cm³/mol. The molecule has 0 aliphatic carbocycles. The molecule has 114 valence electrons. The molecular formula is C15H18BrF2N3. The Morgan fingerprint density at radius 2 is 2.10 bits per heavy atom. The van der Waals surface area contributed by atoms with E-state index in [2.05, 4.69) is 26.3 Å². The van der Waals surface area contributed by atoms with Crippen molar-refractivity contribution in [3.8, 4) is 0 Å². The zero-order valence-corrected chi connectivity index (χ0v) is 13.8. The van der Waals surface area contributed by atoms with Crippen LogP contribution in [0.25, 0.3) is 0 Å². The maximum atomic E-state index is 14.4. The van der Waals surface area contributed by atoms with Crippen molar-refractivity contribution in [2.45, 2.75) is 32.9 Å². The third-order valence-corrected chi connectivity index (χ3v) is 4.05. The SMILES string of the molecule is CCCn1ncc(Br)c1C(NC)c1c(F)ccc(C)c1F. The zero-order chi connectivity index (χ0) is 15.6. The fourth-order valence-electron chi connectivity index (χ4n) is 2.41. The summed E-state index contributed by atoms with van der Waals surface area (Å²) < 4.78 is 31.1. The van der Waals surface area contributed by atoms with Crippen molar-refractivity contribution in [1.82, 2.24) is 15.1 Å².